The van der Waals surface area contributed by atoms with Crippen LogP contribution in [0.3, 0.4) is 0 Å². The van der Waals surface area contributed by atoms with Gasteiger partial charge in [-0.15, -0.1) is 0 Å². The van der Waals surface area contributed by atoms with Crippen LogP contribution in [0, 0.1) is 29.6 Å². The number of pyridine rings is 1. The number of carbonyl (C=O) groups is 1. The second kappa shape index (κ2) is 11.3. The van der Waals surface area contributed by atoms with Gasteiger partial charge in [0.2, 0.25) is 0 Å². The fourth-order valence-corrected chi connectivity index (χ4v) is 5.76. The quantitative estimate of drug-likeness (QED) is 0.272. The summed E-state index contributed by atoms with van der Waals surface area (Å²) >= 11 is 0. The third-order valence-corrected chi connectivity index (χ3v) is 7.86. The summed E-state index contributed by atoms with van der Waals surface area (Å²) in [6.45, 7) is 6.56. The molecule has 1 aliphatic rings. The highest BCUT2D eigenvalue weighted by molar-refractivity contribution is 5.97. The Morgan fingerprint density at radius 3 is 2.49 bits per heavy atom. The first-order chi connectivity index (χ1) is 20.9. The highest BCUT2D eigenvalue weighted by Gasteiger charge is 2.25. The van der Waals surface area contributed by atoms with Gasteiger partial charge >= 0.3 is 5.97 Å². The second-order valence-electron chi connectivity index (χ2n) is 10.6. The van der Waals surface area contributed by atoms with Crippen LogP contribution in [0.4, 0.5) is 17.2 Å². The number of carboxylic acid groups (broad SMARTS) is 1. The Hall–Kier alpha value is -5.74. The van der Waals surface area contributed by atoms with Crippen LogP contribution >= 0.6 is 0 Å². The number of aryl methyl sites for hydroxylation is 1. The summed E-state index contributed by atoms with van der Waals surface area (Å²) in [5.41, 5.74) is 5.72. The number of rotatable bonds is 6. The zero-order valence-corrected chi connectivity index (χ0v) is 23.7. The molecule has 43 heavy (non-hydrogen) atoms. The maximum Gasteiger partial charge on any atom is 0.337 e. The van der Waals surface area contributed by atoms with Gasteiger partial charge in [0.1, 0.15) is 6.07 Å². The van der Waals surface area contributed by atoms with Crippen molar-refractivity contribution in [2.24, 2.45) is 0 Å². The molecule has 2 N–H and O–H groups in total. The second-order valence-corrected chi connectivity index (χ2v) is 10.6. The molecule has 5 aromatic rings. The number of para-hydroxylation sites is 1. The van der Waals surface area contributed by atoms with Crippen molar-refractivity contribution in [3.05, 3.63) is 94.9 Å². The van der Waals surface area contributed by atoms with Gasteiger partial charge in [-0.2, -0.15) is 10.5 Å². The molecule has 1 atom stereocenters. The molecule has 212 valence electrons. The highest BCUT2D eigenvalue weighted by Crippen LogP contribution is 2.33. The van der Waals surface area contributed by atoms with E-state index >= 15 is 0 Å². The number of hydrogen-bond donors (Lipinski definition) is 2. The molecule has 1 fully saturated rings. The van der Waals surface area contributed by atoms with E-state index in [-0.39, 0.29) is 17.3 Å². The number of nitrogens with one attached hydrogen (secondary N) is 1. The van der Waals surface area contributed by atoms with Gasteiger partial charge in [0, 0.05) is 66.3 Å². The minimum Gasteiger partial charge on any atom is -0.478 e. The Kier molecular flexibility index (Phi) is 7.19. The van der Waals surface area contributed by atoms with E-state index in [1.807, 2.05) is 44.2 Å². The van der Waals surface area contributed by atoms with Crippen LogP contribution in [0.2, 0.25) is 0 Å². The van der Waals surface area contributed by atoms with Crippen molar-refractivity contribution in [2.75, 3.05) is 41.3 Å². The highest BCUT2D eigenvalue weighted by atomic mass is 16.4. The third-order valence-electron chi connectivity index (χ3n) is 7.86. The number of aromatic carboxylic acids is 1. The minimum absolute atomic E-state index is 0.189. The van der Waals surface area contributed by atoms with Crippen LogP contribution in [0.5, 0.6) is 0 Å². The van der Waals surface area contributed by atoms with Gasteiger partial charge in [-0.3, -0.25) is 4.98 Å². The first kappa shape index (κ1) is 27.4. The predicted molar refractivity (Wildman–Crippen MR) is 165 cm³/mol. The topological polar surface area (TPSA) is 142 Å². The molecular formula is C33H28N8O2. The van der Waals surface area contributed by atoms with Crippen LogP contribution in [-0.2, 0) is 0 Å². The van der Waals surface area contributed by atoms with Gasteiger partial charge in [-0.05, 0) is 55.8 Å². The molecule has 0 amide bonds. The Morgan fingerprint density at radius 2 is 1.74 bits per heavy atom. The first-order valence-corrected chi connectivity index (χ1v) is 14.0. The van der Waals surface area contributed by atoms with Gasteiger partial charge in [-0.25, -0.2) is 14.8 Å². The average Bonchev–Trinajstić information content (AvgIpc) is 3.03. The van der Waals surface area contributed by atoms with Crippen molar-refractivity contribution in [3.8, 4) is 12.1 Å². The summed E-state index contributed by atoms with van der Waals surface area (Å²) in [5, 5.41) is 34.4. The summed E-state index contributed by atoms with van der Waals surface area (Å²) in [4.78, 5) is 30.1. The zero-order valence-electron chi connectivity index (χ0n) is 23.7. The summed E-state index contributed by atoms with van der Waals surface area (Å²) in [6.07, 6.45) is 3.47. The molecule has 1 saturated heterocycles. The minimum atomic E-state index is -1.00. The fraction of sp³-hybridized carbons (Fsp3) is 0.212. The van der Waals surface area contributed by atoms with Crippen molar-refractivity contribution >= 4 is 45.0 Å². The van der Waals surface area contributed by atoms with Gasteiger partial charge in [0.05, 0.1) is 34.3 Å². The molecule has 6 rings (SSSR count). The van der Waals surface area contributed by atoms with Crippen molar-refractivity contribution in [3.63, 3.8) is 0 Å². The van der Waals surface area contributed by atoms with Gasteiger partial charge in [-0.1, -0.05) is 18.2 Å². The molecule has 3 heterocycles. The van der Waals surface area contributed by atoms with Gasteiger partial charge in [0.15, 0.2) is 11.5 Å². The Morgan fingerprint density at radius 1 is 0.977 bits per heavy atom. The van der Waals surface area contributed by atoms with E-state index in [0.717, 1.165) is 27.6 Å². The predicted octanol–water partition coefficient (Wildman–Crippen LogP) is 5.43. The molecule has 0 bridgehead atoms. The lowest BCUT2D eigenvalue weighted by atomic mass is 10.0. The molecule has 2 aromatic heterocycles. The van der Waals surface area contributed by atoms with Gasteiger partial charge in [0.25, 0.3) is 0 Å². The molecular weight excluding hydrogens is 540 g/mol. The summed E-state index contributed by atoms with van der Waals surface area (Å²) in [7, 11) is 0. The van der Waals surface area contributed by atoms with Crippen LogP contribution in [0.15, 0.2) is 67.0 Å². The van der Waals surface area contributed by atoms with Gasteiger partial charge < -0.3 is 20.2 Å². The molecule has 0 saturated carbocycles. The number of anilines is 3. The van der Waals surface area contributed by atoms with Crippen LogP contribution in [0.25, 0.3) is 21.8 Å². The van der Waals surface area contributed by atoms with Crippen LogP contribution in [-0.4, -0.2) is 52.2 Å². The van der Waals surface area contributed by atoms with E-state index in [0.29, 0.717) is 54.3 Å². The number of benzene rings is 3. The number of nitriles is 2. The summed E-state index contributed by atoms with van der Waals surface area (Å²) in [6, 6.07) is 20.7. The Balaban J connectivity index is 1.32. The molecule has 0 aliphatic carbocycles. The number of nitrogens with zero attached hydrogens (tertiary/aromatic N) is 7. The standard InChI is InChI=1S/C33H28N8O2/c1-20-15-25(21(2)37-27-6-4-3-5-24(27)33(42)43)31-28(16-20)38-29(18-35)32(39-31)41-13-11-40(12-14-41)30-8-7-22(17-34)26-19-36-10-9-23(26)30/h3-10,15-16,19,21,37H,11-14H2,1-2H3,(H,42,43)/t21-/m1/s1. The molecule has 0 unspecified atom stereocenters. The normalized spacial score (nSPS) is 13.9. The average molecular weight is 569 g/mol. The van der Waals surface area contributed by atoms with E-state index < -0.39 is 5.97 Å². The lowest BCUT2D eigenvalue weighted by Gasteiger charge is -2.37. The van der Waals surface area contributed by atoms with E-state index in [2.05, 4.69) is 32.2 Å². The van der Waals surface area contributed by atoms with Crippen molar-refractivity contribution < 1.29 is 9.90 Å². The number of hydrogen-bond acceptors (Lipinski definition) is 9. The molecule has 1 aliphatic heterocycles. The van der Waals surface area contributed by atoms with E-state index in [9.17, 15) is 20.4 Å². The maximum absolute atomic E-state index is 11.8. The number of piperazine rings is 1. The monoisotopic (exact) mass is 568 g/mol. The zero-order chi connectivity index (χ0) is 30.1. The Labute approximate surface area is 248 Å². The molecule has 0 radical (unpaired) electrons. The lowest BCUT2D eigenvalue weighted by molar-refractivity contribution is 0.0698. The van der Waals surface area contributed by atoms with E-state index in [1.165, 1.54) is 0 Å². The summed E-state index contributed by atoms with van der Waals surface area (Å²) in [5.74, 6) is -0.471. The Bertz CT molecular complexity index is 1970. The van der Waals surface area contributed by atoms with Crippen LogP contribution in [0.1, 0.15) is 45.7 Å². The number of carboxylic acids is 1. The largest absolute Gasteiger partial charge is 0.478 e. The number of fused-ring (bicyclic) bond motifs is 2. The van der Waals surface area contributed by atoms with Crippen molar-refractivity contribution in [1.82, 2.24) is 15.0 Å². The molecule has 10 heteroatoms. The summed E-state index contributed by atoms with van der Waals surface area (Å²) < 4.78 is 0. The smallest absolute Gasteiger partial charge is 0.337 e. The van der Waals surface area contributed by atoms with E-state index in [1.54, 1.807) is 36.7 Å². The number of aromatic nitrogens is 3. The van der Waals surface area contributed by atoms with Crippen LogP contribution < -0.4 is 15.1 Å². The van der Waals surface area contributed by atoms with Crippen molar-refractivity contribution in [2.45, 2.75) is 19.9 Å². The lowest BCUT2D eigenvalue weighted by Crippen LogP contribution is -2.47. The fourth-order valence-electron chi connectivity index (χ4n) is 5.76. The molecule has 10 nitrogen and oxygen atoms in total. The maximum atomic E-state index is 11.8. The molecule has 3 aromatic carbocycles. The van der Waals surface area contributed by atoms with Crippen molar-refractivity contribution in [1.29, 1.82) is 10.5 Å². The first-order valence-electron chi connectivity index (χ1n) is 14.0. The molecule has 0 spiro atoms. The third kappa shape index (κ3) is 5.11. The van der Waals surface area contributed by atoms with E-state index in [4.69, 9.17) is 9.97 Å². The SMILES string of the molecule is Cc1cc([C@@H](C)Nc2ccccc2C(=O)O)c2nc(N3CCN(c4ccc(C#N)c5cnccc45)CC3)c(C#N)nc2c1.